The number of ether oxygens (including phenoxy) is 2. The van der Waals surface area contributed by atoms with E-state index in [9.17, 15) is 4.79 Å². The first-order chi connectivity index (χ1) is 11.1. The molecule has 2 unspecified atom stereocenters. The highest BCUT2D eigenvalue weighted by Gasteiger charge is 2.45. The van der Waals surface area contributed by atoms with E-state index in [2.05, 4.69) is 31.2 Å². The number of benzene rings is 1. The summed E-state index contributed by atoms with van der Waals surface area (Å²) in [6.07, 6.45) is 5.75. The molecule has 0 spiro atoms. The number of rotatable bonds is 11. The molecule has 1 rings (SSSR count). The summed E-state index contributed by atoms with van der Waals surface area (Å²) in [5, 5.41) is 0. The maximum atomic E-state index is 12.5. The van der Waals surface area contributed by atoms with E-state index in [1.165, 1.54) is 12.7 Å². The normalized spacial score (nSPS) is 15.0. The van der Waals surface area contributed by atoms with Gasteiger partial charge in [0.2, 0.25) is 0 Å². The molecule has 0 fully saturated rings. The minimum absolute atomic E-state index is 0.202. The molecule has 0 aliphatic rings. The molecule has 0 aliphatic heterocycles. The molecule has 0 bridgehead atoms. The Morgan fingerprint density at radius 3 is 2.35 bits per heavy atom. The molecule has 0 saturated carbocycles. The fourth-order valence-electron chi connectivity index (χ4n) is 3.47. The van der Waals surface area contributed by atoms with Gasteiger partial charge in [0.05, 0.1) is 7.11 Å². The Morgan fingerprint density at radius 1 is 1.13 bits per heavy atom. The van der Waals surface area contributed by atoms with Crippen LogP contribution in [0.25, 0.3) is 0 Å². The van der Waals surface area contributed by atoms with Crippen molar-refractivity contribution in [3.63, 3.8) is 0 Å². The predicted molar refractivity (Wildman–Crippen MR) is 94.4 cm³/mol. The van der Waals surface area contributed by atoms with E-state index in [1.54, 1.807) is 0 Å². The van der Waals surface area contributed by atoms with Crippen molar-refractivity contribution in [1.29, 1.82) is 0 Å². The first kappa shape index (κ1) is 19.7. The third-order valence-corrected chi connectivity index (χ3v) is 4.62. The highest BCUT2D eigenvalue weighted by Crippen LogP contribution is 2.35. The summed E-state index contributed by atoms with van der Waals surface area (Å²) < 4.78 is 11.1. The van der Waals surface area contributed by atoms with Crippen molar-refractivity contribution < 1.29 is 14.3 Å². The van der Waals surface area contributed by atoms with Gasteiger partial charge in [-0.05, 0) is 50.5 Å². The summed E-state index contributed by atoms with van der Waals surface area (Å²) in [5.41, 5.74) is 0.551. The SMILES string of the molecule is CCCC(CCCc1ccccc1)C(CC)(OCC)C(=O)OC. The molecule has 0 radical (unpaired) electrons. The Morgan fingerprint density at radius 2 is 1.83 bits per heavy atom. The lowest BCUT2D eigenvalue weighted by Crippen LogP contribution is -2.49. The predicted octanol–water partition coefficient (Wildman–Crippen LogP) is 4.78. The monoisotopic (exact) mass is 320 g/mol. The Balaban J connectivity index is 2.81. The van der Waals surface area contributed by atoms with Gasteiger partial charge in [0.15, 0.2) is 5.60 Å². The fourth-order valence-corrected chi connectivity index (χ4v) is 3.47. The Hall–Kier alpha value is -1.35. The van der Waals surface area contributed by atoms with E-state index in [0.717, 1.165) is 32.1 Å². The van der Waals surface area contributed by atoms with E-state index in [4.69, 9.17) is 9.47 Å². The quantitative estimate of drug-likeness (QED) is 0.550. The molecule has 1 aromatic rings. The van der Waals surface area contributed by atoms with Gasteiger partial charge in [-0.15, -0.1) is 0 Å². The van der Waals surface area contributed by atoms with Crippen molar-refractivity contribution in [1.82, 2.24) is 0 Å². The third kappa shape index (κ3) is 5.35. The molecule has 23 heavy (non-hydrogen) atoms. The van der Waals surface area contributed by atoms with Gasteiger partial charge in [-0.1, -0.05) is 50.6 Å². The maximum Gasteiger partial charge on any atom is 0.338 e. The molecule has 0 aliphatic carbocycles. The molecule has 1 aromatic carbocycles. The number of carbonyl (C=O) groups excluding carboxylic acids is 1. The number of esters is 1. The van der Waals surface area contributed by atoms with Crippen molar-refractivity contribution in [3.05, 3.63) is 35.9 Å². The van der Waals surface area contributed by atoms with E-state index in [0.29, 0.717) is 13.0 Å². The average molecular weight is 320 g/mol. The van der Waals surface area contributed by atoms with Crippen LogP contribution in [0.3, 0.4) is 0 Å². The molecule has 130 valence electrons. The second kappa shape index (κ2) is 10.4. The zero-order chi connectivity index (χ0) is 17.1. The van der Waals surface area contributed by atoms with E-state index >= 15 is 0 Å². The minimum atomic E-state index is -0.795. The number of methoxy groups -OCH3 is 1. The van der Waals surface area contributed by atoms with Gasteiger partial charge >= 0.3 is 5.97 Å². The maximum absolute atomic E-state index is 12.5. The van der Waals surface area contributed by atoms with Crippen molar-refractivity contribution in [2.24, 2.45) is 5.92 Å². The Bertz CT molecular complexity index is 443. The largest absolute Gasteiger partial charge is 0.467 e. The first-order valence-corrected chi connectivity index (χ1v) is 8.90. The Labute approximate surface area is 141 Å². The smallest absolute Gasteiger partial charge is 0.338 e. The molecule has 3 heteroatoms. The molecular formula is C20H32O3. The van der Waals surface area contributed by atoms with E-state index in [1.807, 2.05) is 19.9 Å². The van der Waals surface area contributed by atoms with Gasteiger partial charge in [0.25, 0.3) is 0 Å². The fraction of sp³-hybridized carbons (Fsp3) is 0.650. The topological polar surface area (TPSA) is 35.5 Å². The van der Waals surface area contributed by atoms with Crippen molar-refractivity contribution in [2.75, 3.05) is 13.7 Å². The second-order valence-electron chi connectivity index (χ2n) is 6.03. The summed E-state index contributed by atoms with van der Waals surface area (Å²) in [5.74, 6) is -0.0198. The van der Waals surface area contributed by atoms with Crippen LogP contribution < -0.4 is 0 Å². The van der Waals surface area contributed by atoms with Crippen LogP contribution in [0.2, 0.25) is 0 Å². The number of aryl methyl sites for hydroxylation is 1. The zero-order valence-electron chi connectivity index (χ0n) is 15.1. The second-order valence-corrected chi connectivity index (χ2v) is 6.03. The summed E-state index contributed by atoms with van der Waals surface area (Å²) in [4.78, 5) is 12.5. The van der Waals surface area contributed by atoms with Crippen LogP contribution >= 0.6 is 0 Å². The van der Waals surface area contributed by atoms with Crippen LogP contribution in [-0.2, 0) is 20.7 Å². The summed E-state index contributed by atoms with van der Waals surface area (Å²) in [7, 11) is 1.46. The van der Waals surface area contributed by atoms with Crippen LogP contribution in [0, 0.1) is 5.92 Å². The van der Waals surface area contributed by atoms with Crippen molar-refractivity contribution in [2.45, 2.75) is 64.9 Å². The molecule has 0 aromatic heterocycles. The lowest BCUT2D eigenvalue weighted by molar-refractivity contribution is -0.179. The lowest BCUT2D eigenvalue weighted by atomic mass is 9.78. The number of hydrogen-bond donors (Lipinski definition) is 0. The number of carbonyl (C=O) groups is 1. The molecule has 0 amide bonds. The molecule has 0 heterocycles. The lowest BCUT2D eigenvalue weighted by Gasteiger charge is -2.37. The van der Waals surface area contributed by atoms with Gasteiger partial charge in [-0.25, -0.2) is 4.79 Å². The standard InChI is InChI=1S/C20H32O3/c1-5-12-18(16-11-15-17-13-9-8-10-14-17)20(6-2,23-7-3)19(21)22-4/h8-10,13-14,18H,5-7,11-12,15-16H2,1-4H3. The summed E-state index contributed by atoms with van der Waals surface area (Å²) >= 11 is 0. The zero-order valence-corrected chi connectivity index (χ0v) is 15.1. The highest BCUT2D eigenvalue weighted by molar-refractivity contribution is 5.80. The van der Waals surface area contributed by atoms with Gasteiger partial charge < -0.3 is 9.47 Å². The van der Waals surface area contributed by atoms with Crippen LogP contribution in [-0.4, -0.2) is 25.3 Å². The van der Waals surface area contributed by atoms with E-state index < -0.39 is 5.60 Å². The molecule has 3 nitrogen and oxygen atoms in total. The Kier molecular flexibility index (Phi) is 8.93. The van der Waals surface area contributed by atoms with Gasteiger partial charge in [0.1, 0.15) is 0 Å². The highest BCUT2D eigenvalue weighted by atomic mass is 16.6. The molecular weight excluding hydrogens is 288 g/mol. The van der Waals surface area contributed by atoms with Gasteiger partial charge in [-0.2, -0.15) is 0 Å². The summed E-state index contributed by atoms with van der Waals surface area (Å²) in [6, 6.07) is 10.5. The third-order valence-electron chi connectivity index (χ3n) is 4.62. The van der Waals surface area contributed by atoms with E-state index in [-0.39, 0.29) is 11.9 Å². The first-order valence-electron chi connectivity index (χ1n) is 8.90. The van der Waals surface area contributed by atoms with Crippen LogP contribution in [0.15, 0.2) is 30.3 Å². The van der Waals surface area contributed by atoms with Gasteiger partial charge in [0, 0.05) is 6.61 Å². The molecule has 0 saturated heterocycles. The minimum Gasteiger partial charge on any atom is -0.467 e. The van der Waals surface area contributed by atoms with Crippen LogP contribution in [0.4, 0.5) is 0 Å². The molecule has 0 N–H and O–H groups in total. The van der Waals surface area contributed by atoms with Crippen LogP contribution in [0.5, 0.6) is 0 Å². The van der Waals surface area contributed by atoms with Crippen molar-refractivity contribution in [3.8, 4) is 0 Å². The van der Waals surface area contributed by atoms with Gasteiger partial charge in [-0.3, -0.25) is 0 Å². The summed E-state index contributed by atoms with van der Waals surface area (Å²) in [6.45, 7) is 6.66. The average Bonchev–Trinajstić information content (AvgIpc) is 2.59. The number of hydrogen-bond acceptors (Lipinski definition) is 3. The molecule has 2 atom stereocenters. The van der Waals surface area contributed by atoms with Crippen molar-refractivity contribution >= 4 is 5.97 Å². The van der Waals surface area contributed by atoms with Crippen LogP contribution in [0.1, 0.15) is 58.4 Å².